The van der Waals surface area contributed by atoms with Gasteiger partial charge in [0, 0.05) is 36.8 Å². The lowest BCUT2D eigenvalue weighted by Crippen LogP contribution is -2.55. The van der Waals surface area contributed by atoms with Gasteiger partial charge in [0.1, 0.15) is 0 Å². The van der Waals surface area contributed by atoms with Crippen molar-refractivity contribution in [3.05, 3.63) is 0 Å². The summed E-state index contributed by atoms with van der Waals surface area (Å²) in [5, 5.41) is 7.30. The molecule has 2 rings (SSSR count). The van der Waals surface area contributed by atoms with Crippen molar-refractivity contribution >= 4 is 0 Å². The topological polar surface area (TPSA) is 27.3 Å². The molecular weight excluding hydrogens is 222 g/mol. The van der Waals surface area contributed by atoms with E-state index in [1.807, 2.05) is 0 Å². The molecule has 0 aromatic heterocycles. The van der Waals surface area contributed by atoms with E-state index in [1.165, 1.54) is 32.1 Å². The van der Waals surface area contributed by atoms with E-state index in [1.54, 1.807) is 0 Å². The normalized spacial score (nSPS) is 33.7. The number of piperidine rings is 2. The molecule has 2 saturated heterocycles. The van der Waals surface area contributed by atoms with E-state index in [-0.39, 0.29) is 5.54 Å². The fourth-order valence-electron chi connectivity index (χ4n) is 3.50. The van der Waals surface area contributed by atoms with E-state index in [9.17, 15) is 0 Å². The first-order valence-electron chi connectivity index (χ1n) is 7.66. The van der Waals surface area contributed by atoms with E-state index in [0.717, 1.165) is 31.2 Å². The summed E-state index contributed by atoms with van der Waals surface area (Å²) in [6.07, 6.45) is 6.96. The Kier molecular flexibility index (Phi) is 4.68. The minimum absolute atomic E-state index is 0.241. The van der Waals surface area contributed by atoms with Gasteiger partial charge in [0.05, 0.1) is 0 Å². The molecule has 0 saturated carbocycles. The number of fused-ring (bicyclic) bond motifs is 2. The van der Waals surface area contributed by atoms with Crippen LogP contribution in [0.1, 0.15) is 52.9 Å². The highest BCUT2D eigenvalue weighted by molar-refractivity contribution is 4.93. The second-order valence-electron chi connectivity index (χ2n) is 7.20. The fraction of sp³-hybridized carbons (Fsp3) is 1.00. The Morgan fingerprint density at radius 1 is 1.06 bits per heavy atom. The van der Waals surface area contributed by atoms with Gasteiger partial charge in [-0.05, 0) is 53.5 Å². The molecule has 18 heavy (non-hydrogen) atoms. The molecule has 3 nitrogen and oxygen atoms in total. The van der Waals surface area contributed by atoms with Gasteiger partial charge >= 0.3 is 0 Å². The Balaban J connectivity index is 1.68. The highest BCUT2D eigenvalue weighted by Gasteiger charge is 2.35. The van der Waals surface area contributed by atoms with Crippen molar-refractivity contribution in [1.82, 2.24) is 15.5 Å². The Labute approximate surface area is 113 Å². The monoisotopic (exact) mass is 253 g/mol. The van der Waals surface area contributed by atoms with Gasteiger partial charge in [0.2, 0.25) is 0 Å². The second kappa shape index (κ2) is 5.89. The van der Waals surface area contributed by atoms with Crippen LogP contribution in [0.3, 0.4) is 0 Å². The van der Waals surface area contributed by atoms with Crippen LogP contribution in [-0.2, 0) is 0 Å². The summed E-state index contributed by atoms with van der Waals surface area (Å²) in [6, 6.07) is 2.43. The molecule has 2 heterocycles. The number of rotatable bonds is 4. The van der Waals surface area contributed by atoms with Crippen molar-refractivity contribution in [2.24, 2.45) is 0 Å². The van der Waals surface area contributed by atoms with Gasteiger partial charge in [-0.3, -0.25) is 0 Å². The zero-order valence-electron chi connectivity index (χ0n) is 12.6. The molecule has 2 unspecified atom stereocenters. The van der Waals surface area contributed by atoms with Crippen LogP contribution in [0.5, 0.6) is 0 Å². The van der Waals surface area contributed by atoms with Crippen LogP contribution in [0, 0.1) is 0 Å². The minimum Gasteiger partial charge on any atom is -0.313 e. The minimum atomic E-state index is 0.241. The first-order valence-corrected chi connectivity index (χ1v) is 7.66. The van der Waals surface area contributed by atoms with Gasteiger partial charge < -0.3 is 15.5 Å². The van der Waals surface area contributed by atoms with Gasteiger partial charge in [-0.2, -0.15) is 0 Å². The molecule has 2 N–H and O–H groups in total. The Morgan fingerprint density at radius 2 is 1.67 bits per heavy atom. The predicted molar refractivity (Wildman–Crippen MR) is 78.0 cm³/mol. The predicted octanol–water partition coefficient (Wildman–Crippen LogP) is 1.98. The average Bonchev–Trinajstić information content (AvgIpc) is 2.24. The maximum Gasteiger partial charge on any atom is 0.0110 e. The molecule has 2 atom stereocenters. The van der Waals surface area contributed by atoms with Crippen LogP contribution in [0.4, 0.5) is 0 Å². The summed E-state index contributed by atoms with van der Waals surface area (Å²) in [5.41, 5.74) is 0.241. The fourth-order valence-corrected chi connectivity index (χ4v) is 3.50. The van der Waals surface area contributed by atoms with Crippen LogP contribution in [0.25, 0.3) is 0 Å². The molecule has 0 aliphatic carbocycles. The van der Waals surface area contributed by atoms with Gasteiger partial charge in [0.15, 0.2) is 0 Å². The van der Waals surface area contributed by atoms with Crippen LogP contribution >= 0.6 is 0 Å². The highest BCUT2D eigenvalue weighted by Crippen LogP contribution is 2.32. The van der Waals surface area contributed by atoms with Crippen molar-refractivity contribution in [3.63, 3.8) is 0 Å². The van der Waals surface area contributed by atoms with Crippen LogP contribution in [-0.4, -0.2) is 48.7 Å². The van der Waals surface area contributed by atoms with Crippen LogP contribution < -0.4 is 10.6 Å². The molecule has 0 aromatic carbocycles. The quantitative estimate of drug-likeness (QED) is 0.750. The first kappa shape index (κ1) is 14.3. The number of nitrogens with zero attached hydrogens (tertiary/aromatic N) is 1. The third-order valence-corrected chi connectivity index (χ3v) is 4.55. The summed E-state index contributed by atoms with van der Waals surface area (Å²) in [7, 11) is 2.33. The molecule has 0 radical (unpaired) electrons. The maximum atomic E-state index is 3.75. The van der Waals surface area contributed by atoms with Crippen molar-refractivity contribution in [2.45, 2.75) is 76.5 Å². The van der Waals surface area contributed by atoms with Crippen LogP contribution in [0.15, 0.2) is 0 Å². The lowest BCUT2D eigenvalue weighted by molar-refractivity contribution is 0.0487. The summed E-state index contributed by atoms with van der Waals surface area (Å²) in [4.78, 5) is 2.63. The molecule has 0 amide bonds. The molecule has 2 fully saturated rings. The zero-order valence-corrected chi connectivity index (χ0v) is 12.6. The molecule has 0 aromatic rings. The molecule has 2 aliphatic rings. The second-order valence-corrected chi connectivity index (χ2v) is 7.20. The average molecular weight is 253 g/mol. The first-order chi connectivity index (χ1) is 8.46. The number of hydrogen-bond donors (Lipinski definition) is 2. The molecule has 2 aliphatic heterocycles. The summed E-state index contributed by atoms with van der Waals surface area (Å²) in [6.45, 7) is 8.86. The zero-order chi connectivity index (χ0) is 13.2. The van der Waals surface area contributed by atoms with Gasteiger partial charge in [-0.1, -0.05) is 6.42 Å². The Morgan fingerprint density at radius 3 is 2.22 bits per heavy atom. The van der Waals surface area contributed by atoms with Gasteiger partial charge in [-0.15, -0.1) is 0 Å². The van der Waals surface area contributed by atoms with Gasteiger partial charge in [-0.25, -0.2) is 0 Å². The van der Waals surface area contributed by atoms with Crippen molar-refractivity contribution in [3.8, 4) is 0 Å². The number of nitrogens with one attached hydrogen (secondary N) is 2. The molecule has 0 spiro atoms. The lowest BCUT2D eigenvalue weighted by Gasteiger charge is -2.47. The van der Waals surface area contributed by atoms with E-state index in [0.29, 0.717) is 0 Å². The molecule has 2 bridgehead atoms. The van der Waals surface area contributed by atoms with Crippen LogP contribution in [0.2, 0.25) is 0 Å². The summed E-state index contributed by atoms with van der Waals surface area (Å²) < 4.78 is 0. The van der Waals surface area contributed by atoms with Crippen molar-refractivity contribution < 1.29 is 0 Å². The Hall–Kier alpha value is -0.120. The smallest absolute Gasteiger partial charge is 0.0110 e. The largest absolute Gasteiger partial charge is 0.313 e. The standard InChI is InChI=1S/C15H31N3/c1-15(2,3)17-9-8-16-12-10-13-6-5-7-14(11-12)18(13)4/h12-14,16-17H,5-11H2,1-4H3. The lowest BCUT2D eigenvalue weighted by atomic mass is 9.82. The molecule has 106 valence electrons. The summed E-state index contributed by atoms with van der Waals surface area (Å²) >= 11 is 0. The SMILES string of the molecule is CN1C2CCCC1CC(NCCNC(C)(C)C)C2. The van der Waals surface area contributed by atoms with E-state index < -0.39 is 0 Å². The summed E-state index contributed by atoms with van der Waals surface area (Å²) in [5.74, 6) is 0. The third-order valence-electron chi connectivity index (χ3n) is 4.55. The maximum absolute atomic E-state index is 3.75. The van der Waals surface area contributed by atoms with E-state index in [2.05, 4.69) is 43.4 Å². The molecular formula is C15H31N3. The van der Waals surface area contributed by atoms with Crippen molar-refractivity contribution in [2.75, 3.05) is 20.1 Å². The number of hydrogen-bond acceptors (Lipinski definition) is 3. The Bertz CT molecular complexity index is 245. The third kappa shape index (κ3) is 3.94. The van der Waals surface area contributed by atoms with Crippen molar-refractivity contribution in [1.29, 1.82) is 0 Å². The highest BCUT2D eigenvalue weighted by atomic mass is 15.2. The van der Waals surface area contributed by atoms with Gasteiger partial charge in [0.25, 0.3) is 0 Å². The van der Waals surface area contributed by atoms with E-state index >= 15 is 0 Å². The van der Waals surface area contributed by atoms with E-state index in [4.69, 9.17) is 0 Å². The molecule has 3 heteroatoms.